The van der Waals surface area contributed by atoms with E-state index in [-0.39, 0.29) is 0 Å². The van der Waals surface area contributed by atoms with E-state index < -0.39 is 0 Å². The summed E-state index contributed by atoms with van der Waals surface area (Å²) < 4.78 is 0. The van der Waals surface area contributed by atoms with Crippen LogP contribution in [0.2, 0.25) is 5.02 Å². The Morgan fingerprint density at radius 1 is 1.53 bits per heavy atom. The van der Waals surface area contributed by atoms with Crippen molar-refractivity contribution in [3.05, 3.63) is 28.8 Å². The molecule has 0 aliphatic carbocycles. The van der Waals surface area contributed by atoms with Crippen LogP contribution < -0.4 is 10.6 Å². The number of thioether (sulfide) groups is 1. The van der Waals surface area contributed by atoms with Gasteiger partial charge in [-0.05, 0) is 42.8 Å². The number of benzene rings is 1. The summed E-state index contributed by atoms with van der Waals surface area (Å²) in [5.41, 5.74) is 8.21. The maximum absolute atomic E-state index is 6.10. The molecule has 1 heterocycles. The molecule has 1 aromatic carbocycles. The van der Waals surface area contributed by atoms with Crippen molar-refractivity contribution < 1.29 is 0 Å². The number of hydrogen-bond acceptors (Lipinski definition) is 3. The zero-order valence-electron chi connectivity index (χ0n) is 10.2. The molecule has 0 bridgehead atoms. The number of hydrogen-bond donors (Lipinski definition) is 1. The molecule has 1 aliphatic rings. The van der Waals surface area contributed by atoms with Gasteiger partial charge < -0.3 is 10.6 Å². The van der Waals surface area contributed by atoms with Gasteiger partial charge >= 0.3 is 0 Å². The van der Waals surface area contributed by atoms with Gasteiger partial charge in [0.2, 0.25) is 0 Å². The van der Waals surface area contributed by atoms with Crippen molar-refractivity contribution in [3.63, 3.8) is 0 Å². The van der Waals surface area contributed by atoms with Crippen LogP contribution in [-0.4, -0.2) is 31.1 Å². The van der Waals surface area contributed by atoms with Gasteiger partial charge in [0, 0.05) is 29.6 Å². The fourth-order valence-electron chi connectivity index (χ4n) is 2.26. The standard InChI is InChI=1S/C13H19ClN2S/c1-16(12-5-7-17-9-12)13-8-11(14)3-2-10(13)4-6-15/h2-3,8,12H,4-7,9,15H2,1H3. The fraction of sp³-hybridized carbons (Fsp3) is 0.538. The highest BCUT2D eigenvalue weighted by Gasteiger charge is 2.21. The van der Waals surface area contributed by atoms with E-state index in [4.69, 9.17) is 17.3 Å². The van der Waals surface area contributed by atoms with E-state index >= 15 is 0 Å². The van der Waals surface area contributed by atoms with Gasteiger partial charge in [-0.1, -0.05) is 17.7 Å². The lowest BCUT2D eigenvalue weighted by Gasteiger charge is -2.28. The summed E-state index contributed by atoms with van der Waals surface area (Å²) in [4.78, 5) is 2.37. The van der Waals surface area contributed by atoms with Gasteiger partial charge in [0.05, 0.1) is 0 Å². The molecule has 0 amide bonds. The van der Waals surface area contributed by atoms with Gasteiger partial charge in [0.1, 0.15) is 0 Å². The lowest BCUT2D eigenvalue weighted by Crippen LogP contribution is -2.32. The van der Waals surface area contributed by atoms with Crippen LogP contribution in [0.5, 0.6) is 0 Å². The molecule has 0 spiro atoms. The minimum atomic E-state index is 0.634. The van der Waals surface area contributed by atoms with Crippen LogP contribution in [-0.2, 0) is 6.42 Å². The highest BCUT2D eigenvalue weighted by atomic mass is 35.5. The van der Waals surface area contributed by atoms with E-state index in [9.17, 15) is 0 Å². The largest absolute Gasteiger partial charge is 0.370 e. The highest BCUT2D eigenvalue weighted by Crippen LogP contribution is 2.30. The Bertz CT molecular complexity index is 378. The molecule has 1 aliphatic heterocycles. The average molecular weight is 271 g/mol. The molecular weight excluding hydrogens is 252 g/mol. The van der Waals surface area contributed by atoms with Crippen molar-refractivity contribution in [1.82, 2.24) is 0 Å². The van der Waals surface area contributed by atoms with Gasteiger partial charge in [0.15, 0.2) is 0 Å². The first-order valence-corrected chi connectivity index (χ1v) is 7.54. The fourth-order valence-corrected chi connectivity index (χ4v) is 3.69. The zero-order chi connectivity index (χ0) is 12.3. The summed E-state index contributed by atoms with van der Waals surface area (Å²) in [7, 11) is 2.17. The highest BCUT2D eigenvalue weighted by molar-refractivity contribution is 7.99. The molecule has 0 saturated carbocycles. The predicted octanol–water partition coefficient (Wildman–Crippen LogP) is 2.78. The topological polar surface area (TPSA) is 29.3 Å². The Balaban J connectivity index is 2.24. The third-order valence-corrected chi connectivity index (χ3v) is 4.67. The van der Waals surface area contributed by atoms with Crippen LogP contribution in [0.1, 0.15) is 12.0 Å². The first-order valence-electron chi connectivity index (χ1n) is 6.01. The predicted molar refractivity (Wildman–Crippen MR) is 78.3 cm³/mol. The summed E-state index contributed by atoms with van der Waals surface area (Å²) in [6, 6.07) is 6.75. The van der Waals surface area contributed by atoms with E-state index in [1.807, 2.05) is 17.8 Å². The Labute approximate surface area is 113 Å². The van der Waals surface area contributed by atoms with Crippen LogP contribution in [0, 0.1) is 0 Å². The van der Waals surface area contributed by atoms with Crippen LogP contribution in [0.15, 0.2) is 18.2 Å². The van der Waals surface area contributed by atoms with Gasteiger partial charge in [0.25, 0.3) is 0 Å². The van der Waals surface area contributed by atoms with Crippen LogP contribution in [0.3, 0.4) is 0 Å². The normalized spacial score (nSPS) is 19.6. The van der Waals surface area contributed by atoms with Gasteiger partial charge in [-0.25, -0.2) is 0 Å². The van der Waals surface area contributed by atoms with Crippen LogP contribution in [0.25, 0.3) is 0 Å². The summed E-state index contributed by atoms with van der Waals surface area (Å²) >= 11 is 8.13. The number of nitrogens with zero attached hydrogens (tertiary/aromatic N) is 1. The van der Waals surface area contributed by atoms with E-state index in [0.717, 1.165) is 11.4 Å². The Kier molecular flexibility index (Phi) is 4.60. The molecule has 1 unspecified atom stereocenters. The average Bonchev–Trinajstić information content (AvgIpc) is 2.84. The monoisotopic (exact) mass is 270 g/mol. The minimum Gasteiger partial charge on any atom is -0.370 e. The van der Waals surface area contributed by atoms with Crippen molar-refractivity contribution in [3.8, 4) is 0 Å². The van der Waals surface area contributed by atoms with Crippen molar-refractivity contribution in [2.24, 2.45) is 5.73 Å². The molecule has 94 valence electrons. The van der Waals surface area contributed by atoms with Gasteiger partial charge in [-0.15, -0.1) is 0 Å². The molecule has 2 N–H and O–H groups in total. The summed E-state index contributed by atoms with van der Waals surface area (Å²) in [5, 5.41) is 0.804. The minimum absolute atomic E-state index is 0.634. The molecule has 17 heavy (non-hydrogen) atoms. The maximum Gasteiger partial charge on any atom is 0.0426 e. The smallest absolute Gasteiger partial charge is 0.0426 e. The first-order chi connectivity index (χ1) is 8.22. The van der Waals surface area contributed by atoms with Crippen molar-refractivity contribution in [1.29, 1.82) is 0 Å². The van der Waals surface area contributed by atoms with Gasteiger partial charge in [-0.2, -0.15) is 11.8 Å². The number of rotatable bonds is 4. The third kappa shape index (κ3) is 3.09. The summed E-state index contributed by atoms with van der Waals surface area (Å²) in [6.45, 7) is 0.682. The molecule has 2 rings (SSSR count). The summed E-state index contributed by atoms with van der Waals surface area (Å²) in [5.74, 6) is 2.48. The second-order valence-electron chi connectivity index (χ2n) is 4.44. The molecule has 1 saturated heterocycles. The maximum atomic E-state index is 6.10. The Morgan fingerprint density at radius 3 is 3.00 bits per heavy atom. The molecule has 1 atom stereocenters. The van der Waals surface area contributed by atoms with E-state index in [1.165, 1.54) is 29.2 Å². The summed E-state index contributed by atoms with van der Waals surface area (Å²) in [6.07, 6.45) is 2.17. The van der Waals surface area contributed by atoms with Crippen LogP contribution >= 0.6 is 23.4 Å². The second-order valence-corrected chi connectivity index (χ2v) is 6.03. The molecule has 4 heteroatoms. The Hall–Kier alpha value is -0.380. The quantitative estimate of drug-likeness (QED) is 0.912. The Morgan fingerprint density at radius 2 is 2.35 bits per heavy atom. The van der Waals surface area contributed by atoms with Gasteiger partial charge in [-0.3, -0.25) is 0 Å². The lowest BCUT2D eigenvalue weighted by molar-refractivity contribution is 0.696. The van der Waals surface area contributed by atoms with E-state index in [0.29, 0.717) is 12.6 Å². The SMILES string of the molecule is CN(c1cc(Cl)ccc1CCN)C1CCSC1. The number of halogens is 1. The van der Waals surface area contributed by atoms with E-state index in [2.05, 4.69) is 24.1 Å². The molecule has 1 aromatic rings. The van der Waals surface area contributed by atoms with Crippen molar-refractivity contribution >= 4 is 29.1 Å². The number of anilines is 1. The van der Waals surface area contributed by atoms with Crippen molar-refractivity contribution in [2.75, 3.05) is 30.0 Å². The molecule has 2 nitrogen and oxygen atoms in total. The van der Waals surface area contributed by atoms with Crippen molar-refractivity contribution in [2.45, 2.75) is 18.9 Å². The molecule has 1 fully saturated rings. The van der Waals surface area contributed by atoms with E-state index in [1.54, 1.807) is 0 Å². The molecule has 0 radical (unpaired) electrons. The first kappa shape index (κ1) is 13.1. The molecular formula is C13H19ClN2S. The zero-order valence-corrected chi connectivity index (χ0v) is 11.7. The number of nitrogens with two attached hydrogens (primary N) is 1. The van der Waals surface area contributed by atoms with Crippen LogP contribution in [0.4, 0.5) is 5.69 Å². The molecule has 0 aromatic heterocycles. The lowest BCUT2D eigenvalue weighted by atomic mass is 10.1. The third-order valence-electron chi connectivity index (χ3n) is 3.29. The second kappa shape index (κ2) is 5.98.